The van der Waals surface area contributed by atoms with Crippen molar-refractivity contribution in [2.45, 2.75) is 51.4 Å². The van der Waals surface area contributed by atoms with E-state index in [1.807, 2.05) is 0 Å². The molecule has 0 aliphatic rings. The lowest BCUT2D eigenvalue weighted by Crippen LogP contribution is -2.30. The van der Waals surface area contributed by atoms with Gasteiger partial charge in [0.15, 0.2) is 23.0 Å². The molecule has 4 rings (SSSR count). The van der Waals surface area contributed by atoms with Crippen molar-refractivity contribution in [3.05, 3.63) is 95.1 Å². The number of azo groups is 1. The number of hydrogen-bond acceptors (Lipinski definition) is 24. The smallest absolute Gasteiger partial charge is 0.264 e. The second-order valence-corrected chi connectivity index (χ2v) is 29.0. The Kier molecular flexibility index (Phi) is 30.8. The highest BCUT2D eigenvalue weighted by Crippen LogP contribution is 2.41. The molecule has 40 heteroatoms. The number of nitrogens with zero attached hydrogens (tertiary/aromatic N) is 2. The molecule has 0 saturated carbocycles. The van der Waals surface area contributed by atoms with Crippen molar-refractivity contribution >= 4 is 95.7 Å². The molecule has 0 atom stereocenters. The molecule has 34 nitrogen and oxygen atoms in total. The van der Waals surface area contributed by atoms with Crippen LogP contribution >= 0.6 is 0 Å². The first kappa shape index (κ1) is 77.1. The van der Waals surface area contributed by atoms with E-state index in [0.29, 0.717) is 11.4 Å². The summed E-state index contributed by atoms with van der Waals surface area (Å²) >= 11 is 0. The first-order valence-electron chi connectivity index (χ1n) is 27.6. The topological polar surface area (TPSA) is 523 Å². The SMILES string of the molecule is O=C(NCCCNC(=O)c1cc(OCCCS(=O)(=O)O)c(OCCCS(=O)(=O)O)c(OCCCS(=O)(=O)O)c1)c1ccc(N=Nc2ccc(C(=O)NCCCNC(=O)c3cc(OCCCS(=O)(=O)O)c(OCCCS(=O)(=O)O)c(OCCCS(=O)(=O)O)c3)cc2)cc1. The van der Waals surface area contributed by atoms with E-state index in [4.69, 9.17) is 55.7 Å². The van der Waals surface area contributed by atoms with E-state index < -0.39 is 119 Å². The summed E-state index contributed by atoms with van der Waals surface area (Å²) in [6, 6.07) is 16.9. The zero-order valence-corrected chi connectivity index (χ0v) is 53.8. The minimum atomic E-state index is -4.38. The number of nitrogens with one attached hydrogen (secondary N) is 4. The van der Waals surface area contributed by atoms with E-state index in [1.54, 1.807) is 0 Å². The second-order valence-electron chi connectivity index (χ2n) is 19.6. The number of benzene rings is 4. The van der Waals surface area contributed by atoms with Gasteiger partial charge in [0, 0.05) is 48.4 Å². The van der Waals surface area contributed by atoms with Crippen molar-refractivity contribution in [2.75, 3.05) is 100 Å². The fourth-order valence-corrected chi connectivity index (χ4v) is 10.4. The highest BCUT2D eigenvalue weighted by Gasteiger charge is 2.23. The van der Waals surface area contributed by atoms with E-state index in [0.717, 1.165) is 0 Å². The standard InChI is InChI=1S/C52H70N6O28S6/c59-49(53-17-1-19-55-51(61)39-33-43(81-21-3-27-87(63,64)65)47(85-25-7-31-91(75,76)77)44(34-39)82-22-4-28-88(66,67)68)37-9-13-41(14-10-37)57-58-42-15-11-38(12-16-42)50(60)54-18-2-20-56-52(62)40-35-45(83-23-5-29-89(69,70)71)48(86-26-8-32-92(78,79)80)46(36-40)84-24-6-30-90(72,73)74/h9-16,33-36H,1-8,17-32H2,(H,53,59)(H,54,60)(H,55,61)(H,56,62)(H,63,64,65)(H,66,67,68)(H,69,70,71)(H,72,73,74)(H,75,76,77)(H,78,79,80). The summed E-state index contributed by atoms with van der Waals surface area (Å²) in [6.45, 7) is -1.81. The molecule has 4 aromatic carbocycles. The third-order valence-electron chi connectivity index (χ3n) is 11.8. The average Bonchev–Trinajstić information content (AvgIpc) is 0.841. The summed E-state index contributed by atoms with van der Waals surface area (Å²) in [5, 5.41) is 19.1. The molecule has 92 heavy (non-hydrogen) atoms. The largest absolute Gasteiger partial charge is 0.489 e. The number of rotatable bonds is 44. The van der Waals surface area contributed by atoms with Gasteiger partial charge in [-0.25, -0.2) is 0 Å². The first-order valence-corrected chi connectivity index (χ1v) is 37.3. The predicted octanol–water partition coefficient (Wildman–Crippen LogP) is 3.14. The summed E-state index contributed by atoms with van der Waals surface area (Å²) in [5.41, 5.74) is 1.08. The maximum Gasteiger partial charge on any atom is 0.264 e. The third kappa shape index (κ3) is 32.8. The van der Waals surface area contributed by atoms with Crippen LogP contribution in [0.3, 0.4) is 0 Å². The highest BCUT2D eigenvalue weighted by molar-refractivity contribution is 7.86. The van der Waals surface area contributed by atoms with Crippen molar-refractivity contribution in [2.24, 2.45) is 10.2 Å². The van der Waals surface area contributed by atoms with E-state index >= 15 is 0 Å². The van der Waals surface area contributed by atoms with Crippen LogP contribution < -0.4 is 49.7 Å². The molecule has 10 N–H and O–H groups in total. The van der Waals surface area contributed by atoms with Crippen LogP contribution in [0.1, 0.15) is 92.8 Å². The van der Waals surface area contributed by atoms with Gasteiger partial charge in [0.2, 0.25) is 11.5 Å². The lowest BCUT2D eigenvalue weighted by atomic mass is 10.1. The van der Waals surface area contributed by atoms with Crippen LogP contribution in [0.4, 0.5) is 11.4 Å². The molecule has 0 aromatic heterocycles. The first-order chi connectivity index (χ1) is 43.0. The number of carbonyl (C=O) groups excluding carboxylic acids is 4. The monoisotopic (exact) mass is 1420 g/mol. The molecule has 0 fully saturated rings. The number of hydrogen-bond donors (Lipinski definition) is 10. The van der Waals surface area contributed by atoms with Gasteiger partial charge in [0.25, 0.3) is 84.3 Å². The van der Waals surface area contributed by atoms with Crippen LogP contribution in [0.15, 0.2) is 83.0 Å². The molecule has 0 aliphatic carbocycles. The van der Waals surface area contributed by atoms with Crippen LogP contribution in [0.2, 0.25) is 0 Å². The molecule has 0 heterocycles. The Hall–Kier alpha value is -7.38. The van der Waals surface area contributed by atoms with Gasteiger partial charge in [-0.05, 0) is 124 Å². The van der Waals surface area contributed by atoms with E-state index in [1.165, 1.54) is 72.8 Å². The molecule has 0 saturated heterocycles. The van der Waals surface area contributed by atoms with Gasteiger partial charge in [-0.3, -0.25) is 46.5 Å². The van der Waals surface area contributed by atoms with Crippen LogP contribution in [0.25, 0.3) is 0 Å². The lowest BCUT2D eigenvalue weighted by molar-refractivity contribution is 0.0934. The fraction of sp³-hybridized carbons (Fsp3) is 0.462. The summed E-state index contributed by atoms with van der Waals surface area (Å²) in [4.78, 5) is 52.6. The van der Waals surface area contributed by atoms with Crippen molar-refractivity contribution in [3.63, 3.8) is 0 Å². The zero-order valence-electron chi connectivity index (χ0n) is 48.9. The van der Waals surface area contributed by atoms with E-state index in [9.17, 15) is 69.7 Å². The minimum Gasteiger partial charge on any atom is -0.489 e. The van der Waals surface area contributed by atoms with Crippen molar-refractivity contribution in [1.29, 1.82) is 0 Å². The summed E-state index contributed by atoms with van der Waals surface area (Å²) < 4.78 is 224. The van der Waals surface area contributed by atoms with Gasteiger partial charge in [-0.15, -0.1) is 0 Å². The van der Waals surface area contributed by atoms with Crippen molar-refractivity contribution in [1.82, 2.24) is 21.3 Å². The molecule has 4 amide bonds. The van der Waals surface area contributed by atoms with Gasteiger partial charge in [0.1, 0.15) is 0 Å². The van der Waals surface area contributed by atoms with Gasteiger partial charge in [0.05, 0.1) is 85.5 Å². The normalized spacial score (nSPS) is 12.2. The average molecular weight is 1420 g/mol. The minimum absolute atomic E-state index is 0.0204. The Morgan fingerprint density at radius 2 is 0.511 bits per heavy atom. The molecule has 0 radical (unpaired) electrons. The van der Waals surface area contributed by atoms with Crippen LogP contribution in [0, 0.1) is 0 Å². The molecule has 4 aromatic rings. The molecular weight excluding hydrogens is 1350 g/mol. The molecule has 0 unspecified atom stereocenters. The van der Waals surface area contributed by atoms with Crippen molar-refractivity contribution in [3.8, 4) is 34.5 Å². The van der Waals surface area contributed by atoms with Crippen molar-refractivity contribution < 1.29 is 125 Å². The Morgan fingerprint density at radius 3 is 0.728 bits per heavy atom. The van der Waals surface area contributed by atoms with Crippen LogP contribution in [-0.4, -0.2) is 202 Å². The van der Waals surface area contributed by atoms with Crippen LogP contribution in [0.5, 0.6) is 34.5 Å². The Labute approximate surface area is 531 Å². The Bertz CT molecular complexity index is 3500. The zero-order chi connectivity index (χ0) is 68.2. The highest BCUT2D eigenvalue weighted by atomic mass is 32.2. The molecule has 0 aliphatic heterocycles. The molecular formula is C52H70N6O28S6. The third-order valence-corrected chi connectivity index (χ3v) is 16.6. The van der Waals surface area contributed by atoms with Gasteiger partial charge in [-0.2, -0.15) is 60.7 Å². The molecule has 512 valence electrons. The summed E-state index contributed by atoms with van der Waals surface area (Å²) in [5.74, 6) is -7.61. The maximum absolute atomic E-state index is 13.4. The van der Waals surface area contributed by atoms with E-state index in [2.05, 4.69) is 31.5 Å². The van der Waals surface area contributed by atoms with Gasteiger partial charge < -0.3 is 49.7 Å². The maximum atomic E-state index is 13.4. The Morgan fingerprint density at radius 1 is 0.304 bits per heavy atom. The van der Waals surface area contributed by atoms with Gasteiger partial charge >= 0.3 is 0 Å². The second kappa shape index (κ2) is 36.8. The van der Waals surface area contributed by atoms with Gasteiger partial charge in [-0.1, -0.05) is 0 Å². The van der Waals surface area contributed by atoms with Crippen LogP contribution in [-0.2, 0) is 60.7 Å². The number of ether oxygens (including phenoxy) is 6. The van der Waals surface area contributed by atoms with E-state index in [-0.39, 0.29) is 174 Å². The number of carbonyl (C=O) groups is 4. The fourth-order valence-electron chi connectivity index (χ4n) is 7.52. The molecule has 0 spiro atoms. The lowest BCUT2D eigenvalue weighted by Gasteiger charge is -2.19. The quantitative estimate of drug-likeness (QED) is 0.0173. The summed E-state index contributed by atoms with van der Waals surface area (Å²) in [7, 11) is -26.2. The predicted molar refractivity (Wildman–Crippen MR) is 328 cm³/mol. The number of amides is 4. The Balaban J connectivity index is 1.28. The summed E-state index contributed by atoms with van der Waals surface area (Å²) in [6.07, 6.45) is -0.878. The molecule has 0 bridgehead atoms.